The van der Waals surface area contributed by atoms with Crippen LogP contribution in [0.2, 0.25) is 0 Å². The summed E-state index contributed by atoms with van der Waals surface area (Å²) in [6.45, 7) is -0.540. The number of nitrogens with zero attached hydrogens (tertiary/aromatic N) is 4. The van der Waals surface area contributed by atoms with Gasteiger partial charge in [0.1, 0.15) is 41.5 Å². The molecule has 12 nitrogen and oxygen atoms in total. The number of H-pyrrole nitrogens is 1. The van der Waals surface area contributed by atoms with E-state index in [9.17, 15) is 20.4 Å². The number of rotatable bonds is 6. The molecule has 0 spiro atoms. The zero-order valence-electron chi connectivity index (χ0n) is 19.6. The Morgan fingerprint density at radius 1 is 1.03 bits per heavy atom. The molecule has 5 atom stereocenters. The SMILES string of the molecule is N=c1[nH]c(-c2ccc(OC3OC(CO)C(O)C(O)C3O)cc2)nc2c1c(C1CC1)nn2-c1ccncc1. The average Bonchev–Trinajstić information content (AvgIpc) is 3.70. The number of fused-ring (bicyclic) bond motifs is 1. The van der Waals surface area contributed by atoms with Crippen LogP contribution in [-0.2, 0) is 4.74 Å². The summed E-state index contributed by atoms with van der Waals surface area (Å²) in [5, 5.41) is 53.7. The number of ether oxygens (including phenoxy) is 2. The molecule has 6 N–H and O–H groups in total. The summed E-state index contributed by atoms with van der Waals surface area (Å²) in [5.41, 5.74) is 3.17. The lowest BCUT2D eigenvalue weighted by molar-refractivity contribution is -0.277. The predicted octanol–water partition coefficient (Wildman–Crippen LogP) is 0.346. The van der Waals surface area contributed by atoms with Crippen molar-refractivity contribution in [1.82, 2.24) is 24.7 Å². The summed E-state index contributed by atoms with van der Waals surface area (Å²) < 4.78 is 12.8. The van der Waals surface area contributed by atoms with Gasteiger partial charge in [0.25, 0.3) is 0 Å². The molecule has 1 saturated carbocycles. The predicted molar refractivity (Wildman–Crippen MR) is 129 cm³/mol. The van der Waals surface area contributed by atoms with Crippen LogP contribution in [0.5, 0.6) is 5.75 Å². The van der Waals surface area contributed by atoms with E-state index in [0.717, 1.165) is 24.2 Å². The van der Waals surface area contributed by atoms with Gasteiger partial charge < -0.3 is 34.9 Å². The first-order valence-electron chi connectivity index (χ1n) is 12.0. The van der Waals surface area contributed by atoms with Crippen molar-refractivity contribution in [2.75, 3.05) is 6.61 Å². The monoisotopic (exact) mass is 506 g/mol. The normalized spacial score (nSPS) is 25.9. The van der Waals surface area contributed by atoms with Crippen molar-refractivity contribution in [3.05, 3.63) is 60.0 Å². The highest BCUT2D eigenvalue weighted by atomic mass is 16.7. The number of aliphatic hydroxyl groups is 4. The van der Waals surface area contributed by atoms with Gasteiger partial charge in [0.05, 0.1) is 23.4 Å². The van der Waals surface area contributed by atoms with E-state index in [2.05, 4.69) is 9.97 Å². The fraction of sp³-hybridized carbons (Fsp3) is 0.360. The van der Waals surface area contributed by atoms with Crippen LogP contribution in [0.4, 0.5) is 0 Å². The number of aromatic amines is 1. The van der Waals surface area contributed by atoms with E-state index in [0.29, 0.717) is 34.1 Å². The van der Waals surface area contributed by atoms with E-state index in [1.165, 1.54) is 0 Å². The maximum Gasteiger partial charge on any atom is 0.229 e. The molecule has 5 unspecified atom stereocenters. The molecular weight excluding hydrogens is 480 g/mol. The van der Waals surface area contributed by atoms with Crippen molar-refractivity contribution in [2.24, 2.45) is 0 Å². The number of benzene rings is 1. The van der Waals surface area contributed by atoms with Crippen molar-refractivity contribution < 1.29 is 29.9 Å². The lowest BCUT2D eigenvalue weighted by Gasteiger charge is -2.39. The Morgan fingerprint density at radius 2 is 1.76 bits per heavy atom. The Labute approximate surface area is 210 Å². The lowest BCUT2D eigenvalue weighted by atomic mass is 9.99. The molecule has 2 aliphatic rings. The molecule has 192 valence electrons. The highest BCUT2D eigenvalue weighted by Gasteiger charge is 2.44. The van der Waals surface area contributed by atoms with Gasteiger partial charge in [-0.2, -0.15) is 5.10 Å². The topological polar surface area (TPSA) is 183 Å². The zero-order valence-corrected chi connectivity index (χ0v) is 19.6. The fourth-order valence-corrected chi connectivity index (χ4v) is 4.52. The van der Waals surface area contributed by atoms with E-state index in [4.69, 9.17) is 25.0 Å². The third kappa shape index (κ3) is 4.28. The van der Waals surface area contributed by atoms with E-state index in [1.807, 2.05) is 12.1 Å². The van der Waals surface area contributed by atoms with Gasteiger partial charge in [-0.15, -0.1) is 0 Å². The number of aliphatic hydroxyl groups excluding tert-OH is 4. The molecule has 3 aromatic heterocycles. The number of hydrogen-bond acceptors (Lipinski definition) is 10. The van der Waals surface area contributed by atoms with Crippen LogP contribution in [0.3, 0.4) is 0 Å². The van der Waals surface area contributed by atoms with Gasteiger partial charge in [0.15, 0.2) is 5.65 Å². The fourth-order valence-electron chi connectivity index (χ4n) is 4.52. The van der Waals surface area contributed by atoms with Gasteiger partial charge >= 0.3 is 0 Å². The van der Waals surface area contributed by atoms with Gasteiger partial charge in [0.2, 0.25) is 6.29 Å². The summed E-state index contributed by atoms with van der Waals surface area (Å²) >= 11 is 0. The average molecular weight is 507 g/mol. The molecule has 1 aliphatic heterocycles. The largest absolute Gasteiger partial charge is 0.462 e. The standard InChI is InChI=1S/C25H26N6O6/c26-22-17-18(12-1-2-12)30-31(14-7-9-27-10-8-14)24(17)29-23(28-22)13-3-5-15(6-4-13)36-25-21(35)20(34)19(33)16(11-32)37-25/h3-10,12,16,19-21,25,32-35H,1-2,11H2,(H2,26,28,29). The van der Waals surface area contributed by atoms with Crippen LogP contribution in [0.25, 0.3) is 28.1 Å². The quantitative estimate of drug-likeness (QED) is 0.215. The van der Waals surface area contributed by atoms with E-state index in [1.54, 1.807) is 41.3 Å². The Balaban J connectivity index is 1.32. The summed E-state index contributed by atoms with van der Waals surface area (Å²) in [7, 11) is 0. The molecule has 4 aromatic rings. The minimum Gasteiger partial charge on any atom is -0.462 e. The van der Waals surface area contributed by atoms with Crippen LogP contribution in [0, 0.1) is 5.41 Å². The highest BCUT2D eigenvalue weighted by molar-refractivity contribution is 5.81. The number of hydrogen-bond donors (Lipinski definition) is 6. The summed E-state index contributed by atoms with van der Waals surface area (Å²) in [6.07, 6.45) is -1.38. The first kappa shape index (κ1) is 23.7. The molecule has 6 rings (SSSR count). The molecule has 0 bridgehead atoms. The molecule has 12 heteroatoms. The Morgan fingerprint density at radius 3 is 2.43 bits per heavy atom. The smallest absolute Gasteiger partial charge is 0.229 e. The second kappa shape index (κ2) is 9.32. The summed E-state index contributed by atoms with van der Waals surface area (Å²) in [4.78, 5) is 12.0. The molecule has 1 saturated heterocycles. The highest BCUT2D eigenvalue weighted by Crippen LogP contribution is 2.42. The molecule has 37 heavy (non-hydrogen) atoms. The number of nitrogens with one attached hydrogen (secondary N) is 2. The summed E-state index contributed by atoms with van der Waals surface area (Å²) in [5.74, 6) is 1.13. The minimum atomic E-state index is -1.53. The van der Waals surface area contributed by atoms with Gasteiger partial charge in [-0.1, -0.05) is 0 Å². The maximum atomic E-state index is 10.2. The molecule has 4 heterocycles. The van der Waals surface area contributed by atoms with Gasteiger partial charge in [-0.25, -0.2) is 9.67 Å². The summed E-state index contributed by atoms with van der Waals surface area (Å²) in [6, 6.07) is 10.4. The lowest BCUT2D eigenvalue weighted by Crippen LogP contribution is -2.60. The van der Waals surface area contributed by atoms with E-state index < -0.39 is 37.3 Å². The third-order valence-corrected chi connectivity index (χ3v) is 6.70. The minimum absolute atomic E-state index is 0.226. The van der Waals surface area contributed by atoms with Crippen molar-refractivity contribution >= 4 is 11.0 Å². The second-order valence-corrected chi connectivity index (χ2v) is 9.28. The van der Waals surface area contributed by atoms with Crippen molar-refractivity contribution in [3.63, 3.8) is 0 Å². The van der Waals surface area contributed by atoms with Crippen molar-refractivity contribution in [3.8, 4) is 22.8 Å². The van der Waals surface area contributed by atoms with Gasteiger partial charge in [-0.05, 0) is 49.2 Å². The van der Waals surface area contributed by atoms with E-state index >= 15 is 0 Å². The Bertz CT molecular complexity index is 1470. The van der Waals surface area contributed by atoms with Crippen LogP contribution in [0.1, 0.15) is 24.5 Å². The van der Waals surface area contributed by atoms with Crippen LogP contribution in [0.15, 0.2) is 48.8 Å². The molecule has 0 amide bonds. The third-order valence-electron chi connectivity index (χ3n) is 6.70. The molecule has 1 aromatic carbocycles. The van der Waals surface area contributed by atoms with Crippen LogP contribution < -0.4 is 10.2 Å². The maximum absolute atomic E-state index is 10.2. The van der Waals surface area contributed by atoms with E-state index in [-0.39, 0.29) is 5.49 Å². The van der Waals surface area contributed by atoms with Gasteiger partial charge in [-0.3, -0.25) is 10.4 Å². The Kier molecular flexibility index (Phi) is 5.97. The first-order chi connectivity index (χ1) is 17.9. The Hall–Kier alpha value is -3.68. The van der Waals surface area contributed by atoms with Gasteiger partial charge in [0, 0.05) is 23.9 Å². The number of aromatic nitrogens is 5. The zero-order chi connectivity index (χ0) is 25.7. The number of pyridine rings is 1. The van der Waals surface area contributed by atoms with Crippen molar-refractivity contribution in [1.29, 1.82) is 5.41 Å². The first-order valence-corrected chi connectivity index (χ1v) is 12.0. The molecule has 1 aliphatic carbocycles. The molecule has 0 radical (unpaired) electrons. The molecule has 2 fully saturated rings. The van der Waals surface area contributed by atoms with Crippen molar-refractivity contribution in [2.45, 2.75) is 49.5 Å². The molecular formula is C25H26N6O6. The van der Waals surface area contributed by atoms with Crippen LogP contribution in [-0.4, -0.2) is 82.5 Å². The second-order valence-electron chi connectivity index (χ2n) is 9.28. The van der Waals surface area contributed by atoms with Crippen LogP contribution >= 0.6 is 0 Å².